The minimum Gasteiger partial charge on any atom is -0.398 e. The smallest absolute Gasteiger partial charge is 0.246 e. The second-order valence-electron chi connectivity index (χ2n) is 3.81. The van der Waals surface area contributed by atoms with Crippen molar-refractivity contribution in [2.75, 3.05) is 18.8 Å². The van der Waals surface area contributed by atoms with Gasteiger partial charge in [0.1, 0.15) is 4.90 Å². The maximum atomic E-state index is 12.5. The van der Waals surface area contributed by atoms with E-state index in [1.807, 2.05) is 6.92 Å². The van der Waals surface area contributed by atoms with Crippen LogP contribution >= 0.6 is 11.6 Å². The molecule has 2 N–H and O–H groups in total. The molecule has 100 valence electrons. The zero-order valence-corrected chi connectivity index (χ0v) is 11.8. The van der Waals surface area contributed by atoms with Crippen molar-refractivity contribution < 1.29 is 8.42 Å². The van der Waals surface area contributed by atoms with Crippen LogP contribution in [0.25, 0.3) is 0 Å². The lowest BCUT2D eigenvalue weighted by atomic mass is 10.3. The Balaban J connectivity index is 3.30. The van der Waals surface area contributed by atoms with Crippen molar-refractivity contribution in [3.05, 3.63) is 35.9 Å². The van der Waals surface area contributed by atoms with Crippen LogP contribution in [0.4, 0.5) is 5.69 Å². The van der Waals surface area contributed by atoms with Gasteiger partial charge in [-0.25, -0.2) is 8.42 Å². The number of rotatable bonds is 6. The van der Waals surface area contributed by atoms with E-state index in [0.29, 0.717) is 13.0 Å². The Kier molecular flexibility index (Phi) is 5.19. The highest BCUT2D eigenvalue weighted by atomic mass is 35.5. The van der Waals surface area contributed by atoms with Gasteiger partial charge in [0.05, 0.1) is 10.7 Å². The zero-order chi connectivity index (χ0) is 13.8. The molecule has 0 amide bonds. The van der Waals surface area contributed by atoms with Gasteiger partial charge in [-0.05, 0) is 18.6 Å². The van der Waals surface area contributed by atoms with Gasteiger partial charge >= 0.3 is 0 Å². The molecule has 1 aromatic carbocycles. The van der Waals surface area contributed by atoms with Crippen molar-refractivity contribution in [1.29, 1.82) is 0 Å². The number of sulfonamides is 1. The van der Waals surface area contributed by atoms with Gasteiger partial charge < -0.3 is 5.73 Å². The van der Waals surface area contributed by atoms with Gasteiger partial charge in [-0.15, -0.1) is 6.58 Å². The van der Waals surface area contributed by atoms with E-state index in [-0.39, 0.29) is 22.2 Å². The quantitative estimate of drug-likeness (QED) is 0.646. The molecule has 1 aromatic rings. The first-order chi connectivity index (χ1) is 8.45. The molecule has 0 aliphatic carbocycles. The summed E-state index contributed by atoms with van der Waals surface area (Å²) >= 11 is 5.95. The molecular weight excluding hydrogens is 272 g/mol. The lowest BCUT2D eigenvalue weighted by Crippen LogP contribution is -2.32. The van der Waals surface area contributed by atoms with Crippen LogP contribution in [0, 0.1) is 0 Å². The third-order valence-electron chi connectivity index (χ3n) is 2.40. The maximum Gasteiger partial charge on any atom is 0.246 e. The summed E-state index contributed by atoms with van der Waals surface area (Å²) in [5.41, 5.74) is 5.88. The molecule has 0 saturated carbocycles. The summed E-state index contributed by atoms with van der Waals surface area (Å²) in [6, 6.07) is 4.66. The van der Waals surface area contributed by atoms with Crippen LogP contribution < -0.4 is 5.73 Å². The molecule has 0 bridgehead atoms. The molecule has 4 nitrogen and oxygen atoms in total. The number of nitrogens with zero attached hydrogens (tertiary/aromatic N) is 1. The molecule has 1 rings (SSSR count). The summed E-state index contributed by atoms with van der Waals surface area (Å²) in [7, 11) is -3.68. The van der Waals surface area contributed by atoms with Gasteiger partial charge in [0.2, 0.25) is 10.0 Å². The first-order valence-electron chi connectivity index (χ1n) is 5.60. The fraction of sp³-hybridized carbons (Fsp3) is 0.333. The molecule has 0 spiro atoms. The Bertz CT molecular complexity index is 509. The first kappa shape index (κ1) is 15.0. The number of nitrogens with two attached hydrogens (primary N) is 1. The molecule has 0 fully saturated rings. The Labute approximate surface area is 113 Å². The van der Waals surface area contributed by atoms with Crippen LogP contribution in [0.15, 0.2) is 35.7 Å². The molecule has 0 aliphatic rings. The standard InChI is InChI=1S/C12H17ClN2O2S/c1-3-8-15(9-4-2)18(16,17)12-10(13)6-5-7-11(12)14/h3,5-7H,1,4,8-9,14H2,2H3. The molecule has 0 atom stereocenters. The van der Waals surface area contributed by atoms with Crippen molar-refractivity contribution in [2.45, 2.75) is 18.2 Å². The van der Waals surface area contributed by atoms with E-state index in [4.69, 9.17) is 17.3 Å². The first-order valence-corrected chi connectivity index (χ1v) is 7.42. The monoisotopic (exact) mass is 288 g/mol. The van der Waals surface area contributed by atoms with Crippen molar-refractivity contribution in [3.63, 3.8) is 0 Å². The van der Waals surface area contributed by atoms with E-state index in [9.17, 15) is 8.42 Å². The molecule has 18 heavy (non-hydrogen) atoms. The van der Waals surface area contributed by atoms with E-state index in [0.717, 1.165) is 0 Å². The van der Waals surface area contributed by atoms with Crippen molar-refractivity contribution in [3.8, 4) is 0 Å². The van der Waals surface area contributed by atoms with Crippen LogP contribution in [-0.4, -0.2) is 25.8 Å². The largest absolute Gasteiger partial charge is 0.398 e. The Morgan fingerprint density at radius 3 is 2.67 bits per heavy atom. The highest BCUT2D eigenvalue weighted by Crippen LogP contribution is 2.29. The van der Waals surface area contributed by atoms with Crippen molar-refractivity contribution in [2.24, 2.45) is 0 Å². The highest BCUT2D eigenvalue weighted by molar-refractivity contribution is 7.89. The fourth-order valence-electron chi connectivity index (χ4n) is 1.63. The summed E-state index contributed by atoms with van der Waals surface area (Å²) in [4.78, 5) is -0.0260. The molecule has 0 unspecified atom stereocenters. The van der Waals surface area contributed by atoms with Gasteiger partial charge in [0.25, 0.3) is 0 Å². The van der Waals surface area contributed by atoms with Gasteiger partial charge in [-0.3, -0.25) is 0 Å². The number of nitrogen functional groups attached to an aromatic ring is 1. The van der Waals surface area contributed by atoms with Crippen molar-refractivity contribution >= 4 is 27.3 Å². The van der Waals surface area contributed by atoms with Gasteiger partial charge in [0, 0.05) is 13.1 Å². The van der Waals surface area contributed by atoms with E-state index < -0.39 is 10.0 Å². The second-order valence-corrected chi connectivity index (χ2v) is 6.09. The van der Waals surface area contributed by atoms with Crippen LogP contribution in [0.3, 0.4) is 0 Å². The Morgan fingerprint density at radius 2 is 2.17 bits per heavy atom. The zero-order valence-electron chi connectivity index (χ0n) is 10.3. The molecule has 0 aliphatic heterocycles. The second kappa shape index (κ2) is 6.22. The molecule has 0 saturated heterocycles. The third kappa shape index (κ3) is 3.04. The normalized spacial score (nSPS) is 11.7. The number of halogens is 1. The maximum absolute atomic E-state index is 12.5. The van der Waals surface area contributed by atoms with Crippen LogP contribution in [0.1, 0.15) is 13.3 Å². The van der Waals surface area contributed by atoms with Gasteiger partial charge in [-0.2, -0.15) is 4.31 Å². The molecular formula is C12H17ClN2O2S. The van der Waals surface area contributed by atoms with Crippen LogP contribution in [0.2, 0.25) is 5.02 Å². The summed E-state index contributed by atoms with van der Waals surface area (Å²) in [5.74, 6) is 0. The predicted octanol–water partition coefficient (Wildman–Crippen LogP) is 2.51. The van der Waals surface area contributed by atoms with E-state index in [2.05, 4.69) is 6.58 Å². The molecule has 6 heteroatoms. The van der Waals surface area contributed by atoms with E-state index in [1.54, 1.807) is 12.1 Å². The topological polar surface area (TPSA) is 63.4 Å². The summed E-state index contributed by atoms with van der Waals surface area (Å²) in [5, 5.41) is 0.139. The molecule has 0 radical (unpaired) electrons. The van der Waals surface area contributed by atoms with E-state index in [1.165, 1.54) is 16.4 Å². The van der Waals surface area contributed by atoms with Gasteiger partial charge in [-0.1, -0.05) is 30.7 Å². The Morgan fingerprint density at radius 1 is 1.50 bits per heavy atom. The number of benzene rings is 1. The van der Waals surface area contributed by atoms with Crippen LogP contribution in [-0.2, 0) is 10.0 Å². The average Bonchev–Trinajstić information content (AvgIpc) is 2.28. The van der Waals surface area contributed by atoms with Gasteiger partial charge in [0.15, 0.2) is 0 Å². The lowest BCUT2D eigenvalue weighted by molar-refractivity contribution is 0.442. The van der Waals surface area contributed by atoms with Crippen LogP contribution in [0.5, 0.6) is 0 Å². The fourth-order valence-corrected chi connectivity index (χ4v) is 3.77. The highest BCUT2D eigenvalue weighted by Gasteiger charge is 2.27. The number of hydrogen-bond donors (Lipinski definition) is 1. The molecule has 0 aromatic heterocycles. The number of hydrogen-bond acceptors (Lipinski definition) is 3. The Hall–Kier alpha value is -1.04. The molecule has 0 heterocycles. The van der Waals surface area contributed by atoms with E-state index >= 15 is 0 Å². The lowest BCUT2D eigenvalue weighted by Gasteiger charge is -2.21. The summed E-state index contributed by atoms with van der Waals surface area (Å²) < 4.78 is 26.3. The number of anilines is 1. The average molecular weight is 289 g/mol. The third-order valence-corrected chi connectivity index (χ3v) is 4.81. The minimum absolute atomic E-state index is 0.0260. The summed E-state index contributed by atoms with van der Waals surface area (Å²) in [6.45, 7) is 6.11. The summed E-state index contributed by atoms with van der Waals surface area (Å²) in [6.07, 6.45) is 2.25. The SMILES string of the molecule is C=CCN(CCC)S(=O)(=O)c1c(N)cccc1Cl. The van der Waals surface area contributed by atoms with Crippen molar-refractivity contribution in [1.82, 2.24) is 4.31 Å². The predicted molar refractivity (Wildman–Crippen MR) is 75.1 cm³/mol. The minimum atomic E-state index is -3.68.